The monoisotopic (exact) mass is 244 g/mol. The number of piperidine rings is 1. The van der Waals surface area contributed by atoms with E-state index < -0.39 is 0 Å². The number of rotatable bonds is 1. The first-order valence-corrected chi connectivity index (χ1v) is 6.14. The number of aromatic amines is 1. The maximum absolute atomic E-state index is 12.4. The molecule has 0 unspecified atom stereocenters. The first kappa shape index (κ1) is 11.2. The number of benzene rings is 1. The lowest BCUT2D eigenvalue weighted by Crippen LogP contribution is -2.41. The van der Waals surface area contributed by atoms with Gasteiger partial charge in [0.15, 0.2) is 0 Å². The minimum Gasteiger partial charge on any atom is -0.307 e. The molecule has 1 aliphatic rings. The van der Waals surface area contributed by atoms with Crippen LogP contribution in [0, 0.1) is 0 Å². The molecule has 0 aliphatic carbocycles. The Morgan fingerprint density at radius 2 is 1.89 bits per heavy atom. The predicted octanol–water partition coefficient (Wildman–Crippen LogP) is 0.629. The summed E-state index contributed by atoms with van der Waals surface area (Å²) in [4.78, 5) is 27.2. The summed E-state index contributed by atoms with van der Waals surface area (Å²) >= 11 is 0. The number of nitrogens with zero attached hydrogens (tertiary/aromatic N) is 2. The van der Waals surface area contributed by atoms with Gasteiger partial charge in [0.2, 0.25) is 0 Å². The van der Waals surface area contributed by atoms with E-state index in [2.05, 4.69) is 10.3 Å². The molecule has 2 aromatic rings. The fraction of sp³-hybridized carbons (Fsp3) is 0.385. The van der Waals surface area contributed by atoms with Crippen molar-refractivity contribution in [2.75, 3.05) is 13.1 Å². The van der Waals surface area contributed by atoms with Crippen LogP contribution in [0.25, 0.3) is 10.9 Å². The smallest absolute Gasteiger partial charge is 0.307 e. The highest BCUT2D eigenvalue weighted by atomic mass is 16.2. The molecule has 0 bridgehead atoms. The van der Waals surface area contributed by atoms with Crippen LogP contribution in [0.3, 0.4) is 0 Å². The minimum absolute atomic E-state index is 0.0247. The van der Waals surface area contributed by atoms with Crippen molar-refractivity contribution in [1.82, 2.24) is 14.9 Å². The Morgan fingerprint density at radius 3 is 2.67 bits per heavy atom. The van der Waals surface area contributed by atoms with Crippen molar-refractivity contribution in [1.29, 1.82) is 0 Å². The molecule has 2 heterocycles. The van der Waals surface area contributed by atoms with Gasteiger partial charge in [0.25, 0.3) is 5.56 Å². The van der Waals surface area contributed by atoms with E-state index in [0.717, 1.165) is 25.9 Å². The number of fused-ring (bicyclic) bond motifs is 1. The van der Waals surface area contributed by atoms with Crippen LogP contribution in [-0.2, 0) is 0 Å². The molecule has 5 heteroatoms. The van der Waals surface area contributed by atoms with Crippen molar-refractivity contribution < 1.29 is 0 Å². The van der Waals surface area contributed by atoms with Crippen molar-refractivity contribution in [2.24, 2.45) is 0 Å². The summed E-state index contributed by atoms with van der Waals surface area (Å²) < 4.78 is 1.36. The van der Waals surface area contributed by atoms with Crippen molar-refractivity contribution in [2.45, 2.75) is 18.9 Å². The molecule has 5 nitrogen and oxygen atoms in total. The molecule has 0 amide bonds. The van der Waals surface area contributed by atoms with Crippen LogP contribution >= 0.6 is 0 Å². The quantitative estimate of drug-likeness (QED) is 0.799. The van der Waals surface area contributed by atoms with Crippen LogP contribution < -0.4 is 16.6 Å². The fourth-order valence-electron chi connectivity index (χ4n) is 2.50. The van der Waals surface area contributed by atoms with Gasteiger partial charge >= 0.3 is 5.69 Å². The van der Waals surface area contributed by atoms with Crippen molar-refractivity contribution in [3.8, 4) is 0 Å². The summed E-state index contributed by atoms with van der Waals surface area (Å²) in [6, 6.07) is 7.09. The van der Waals surface area contributed by atoms with Crippen LogP contribution in [0.4, 0.5) is 0 Å². The van der Waals surface area contributed by atoms with Crippen molar-refractivity contribution in [3.63, 3.8) is 0 Å². The number of hydrogen-bond acceptors (Lipinski definition) is 2. The Balaban J connectivity index is 2.22. The molecule has 1 N–H and O–H groups in total. The molecule has 1 aromatic heterocycles. The van der Waals surface area contributed by atoms with Gasteiger partial charge in [-0.2, -0.15) is 0 Å². The van der Waals surface area contributed by atoms with Crippen molar-refractivity contribution in [3.05, 3.63) is 45.1 Å². The van der Waals surface area contributed by atoms with Crippen LogP contribution in [0.1, 0.15) is 18.9 Å². The molecular formula is C13H14N3O2. The van der Waals surface area contributed by atoms with E-state index in [1.54, 1.807) is 12.1 Å². The van der Waals surface area contributed by atoms with Gasteiger partial charge in [-0.1, -0.05) is 12.1 Å². The van der Waals surface area contributed by atoms with Gasteiger partial charge in [0.1, 0.15) is 0 Å². The summed E-state index contributed by atoms with van der Waals surface area (Å²) in [5.74, 6) is 0. The molecule has 3 rings (SSSR count). The fourth-order valence-corrected chi connectivity index (χ4v) is 2.50. The second-order valence-electron chi connectivity index (χ2n) is 4.55. The van der Waals surface area contributed by atoms with Crippen LogP contribution in [0.5, 0.6) is 0 Å². The maximum atomic E-state index is 12.4. The SMILES string of the molecule is O=c1[nH]c2ccccc2c(=O)n1C1CC[N]CC1. The number of para-hydroxylation sites is 1. The number of aromatic nitrogens is 2. The van der Waals surface area contributed by atoms with E-state index >= 15 is 0 Å². The zero-order valence-electron chi connectivity index (χ0n) is 9.93. The first-order chi connectivity index (χ1) is 8.77. The summed E-state index contributed by atoms with van der Waals surface area (Å²) in [7, 11) is 0. The molecule has 0 atom stereocenters. The van der Waals surface area contributed by atoms with E-state index in [-0.39, 0.29) is 17.3 Å². The van der Waals surface area contributed by atoms with Crippen LogP contribution in [0.2, 0.25) is 0 Å². The lowest BCUT2D eigenvalue weighted by atomic mass is 10.1. The predicted molar refractivity (Wildman–Crippen MR) is 69.0 cm³/mol. The van der Waals surface area contributed by atoms with Gasteiger partial charge in [-0.3, -0.25) is 9.36 Å². The van der Waals surface area contributed by atoms with Crippen LogP contribution in [-0.4, -0.2) is 22.6 Å². The molecule has 1 radical (unpaired) electrons. The standard InChI is InChI=1S/C13H14N3O2/c17-12-10-3-1-2-4-11(10)15-13(18)16(12)9-5-7-14-8-6-9/h1-4,9H,5-8H2,(H,15,18). The number of H-pyrrole nitrogens is 1. The third-order valence-electron chi connectivity index (χ3n) is 3.44. The van der Waals surface area contributed by atoms with Gasteiger partial charge in [0, 0.05) is 19.1 Å². The third kappa shape index (κ3) is 1.76. The van der Waals surface area contributed by atoms with Crippen molar-refractivity contribution >= 4 is 10.9 Å². The Hall–Kier alpha value is -1.88. The van der Waals surface area contributed by atoms with E-state index in [0.29, 0.717) is 10.9 Å². The normalized spacial score (nSPS) is 17.1. The van der Waals surface area contributed by atoms with Gasteiger partial charge in [-0.05, 0) is 25.0 Å². The Kier molecular flexibility index (Phi) is 2.76. The molecule has 1 saturated heterocycles. The molecule has 18 heavy (non-hydrogen) atoms. The molecule has 1 aliphatic heterocycles. The Labute approximate surface area is 103 Å². The molecule has 1 aromatic carbocycles. The average Bonchev–Trinajstić information content (AvgIpc) is 2.40. The highest BCUT2D eigenvalue weighted by Gasteiger charge is 2.20. The van der Waals surface area contributed by atoms with Gasteiger partial charge < -0.3 is 4.98 Å². The third-order valence-corrected chi connectivity index (χ3v) is 3.44. The van der Waals surface area contributed by atoms with E-state index in [9.17, 15) is 9.59 Å². The zero-order chi connectivity index (χ0) is 12.5. The second-order valence-corrected chi connectivity index (χ2v) is 4.55. The number of hydrogen-bond donors (Lipinski definition) is 1. The summed E-state index contributed by atoms with van der Waals surface area (Å²) in [5.41, 5.74) is 0.0936. The first-order valence-electron chi connectivity index (χ1n) is 6.14. The van der Waals surface area contributed by atoms with Crippen LogP contribution in [0.15, 0.2) is 33.9 Å². The summed E-state index contributed by atoms with van der Waals surface area (Å²) in [5, 5.41) is 4.82. The summed E-state index contributed by atoms with van der Waals surface area (Å²) in [6.45, 7) is 1.45. The molecule has 1 fully saturated rings. The highest BCUT2D eigenvalue weighted by Crippen LogP contribution is 2.16. The van der Waals surface area contributed by atoms with E-state index in [1.807, 2.05) is 12.1 Å². The van der Waals surface area contributed by atoms with E-state index in [4.69, 9.17) is 0 Å². The summed E-state index contributed by atoms with van der Waals surface area (Å²) in [6.07, 6.45) is 1.53. The molecule has 0 saturated carbocycles. The maximum Gasteiger partial charge on any atom is 0.329 e. The molecule has 0 spiro atoms. The zero-order valence-corrected chi connectivity index (χ0v) is 9.93. The Morgan fingerprint density at radius 1 is 1.17 bits per heavy atom. The highest BCUT2D eigenvalue weighted by molar-refractivity contribution is 5.76. The second kappa shape index (κ2) is 4.42. The lowest BCUT2D eigenvalue weighted by Gasteiger charge is -2.22. The van der Waals surface area contributed by atoms with E-state index in [1.165, 1.54) is 4.57 Å². The van der Waals surface area contributed by atoms with Gasteiger partial charge in [-0.25, -0.2) is 10.1 Å². The average molecular weight is 244 g/mol. The largest absolute Gasteiger partial charge is 0.329 e. The minimum atomic E-state index is -0.314. The molecular weight excluding hydrogens is 230 g/mol. The number of nitrogens with one attached hydrogen (secondary N) is 1. The topological polar surface area (TPSA) is 69.0 Å². The van der Waals surface area contributed by atoms with Gasteiger partial charge in [0.05, 0.1) is 10.9 Å². The molecule has 93 valence electrons. The Bertz CT molecular complexity index is 680. The van der Waals surface area contributed by atoms with Gasteiger partial charge in [-0.15, -0.1) is 0 Å². The lowest BCUT2D eigenvalue weighted by molar-refractivity contribution is 0.348.